The second-order valence-corrected chi connectivity index (χ2v) is 9.47. The molecule has 0 aromatic heterocycles. The van der Waals surface area contributed by atoms with Crippen molar-refractivity contribution >= 4 is 27.6 Å². The summed E-state index contributed by atoms with van der Waals surface area (Å²) in [4.78, 5) is 17.2. The lowest BCUT2D eigenvalue weighted by Gasteiger charge is -2.62. The zero-order chi connectivity index (χ0) is 20.6. The van der Waals surface area contributed by atoms with Crippen molar-refractivity contribution in [3.63, 3.8) is 0 Å². The summed E-state index contributed by atoms with van der Waals surface area (Å²) in [5, 5.41) is 12.7. The number of hydrogen-bond acceptors (Lipinski definition) is 3. The van der Waals surface area contributed by atoms with E-state index in [1.807, 2.05) is 41.3 Å². The van der Waals surface area contributed by atoms with E-state index in [-0.39, 0.29) is 11.4 Å². The Morgan fingerprint density at radius 2 is 1.86 bits per heavy atom. The van der Waals surface area contributed by atoms with Crippen LogP contribution in [0.2, 0.25) is 0 Å². The van der Waals surface area contributed by atoms with Gasteiger partial charge in [0.2, 0.25) is 0 Å². The molecule has 2 amide bonds. The average Bonchev–Trinajstić information content (AvgIpc) is 2.68. The third-order valence-corrected chi connectivity index (χ3v) is 6.90. The van der Waals surface area contributed by atoms with Gasteiger partial charge in [-0.2, -0.15) is 0 Å². The number of halogens is 1. The molecule has 2 fully saturated rings. The number of anilines is 1. The first-order valence-electron chi connectivity index (χ1n) is 10.2. The standard InChI is InChI=1S/C23H28BrN3O2/c1-16(2)27-15-23(21(27)17-6-8-20(28)9-7-17)10-12-26(13-11-23)22(29)25-19-5-3-4-18(24)14-19/h3-9,14,16,21,28H,10-13,15H2,1-2H3,(H,25,29). The molecule has 2 aliphatic heterocycles. The van der Waals surface area contributed by atoms with Gasteiger partial charge in [-0.15, -0.1) is 0 Å². The largest absolute Gasteiger partial charge is 0.508 e. The number of carbonyl (C=O) groups is 1. The van der Waals surface area contributed by atoms with Crippen LogP contribution in [0, 0.1) is 5.41 Å². The highest BCUT2D eigenvalue weighted by molar-refractivity contribution is 9.10. The van der Waals surface area contributed by atoms with Crippen molar-refractivity contribution in [2.75, 3.05) is 25.0 Å². The lowest BCUT2D eigenvalue weighted by atomic mass is 9.62. The molecule has 2 N–H and O–H groups in total. The summed E-state index contributed by atoms with van der Waals surface area (Å²) in [5.74, 6) is 0.303. The number of hydrogen-bond donors (Lipinski definition) is 2. The Kier molecular flexibility index (Phi) is 5.58. The molecule has 5 nitrogen and oxygen atoms in total. The molecule has 0 saturated carbocycles. The first-order chi connectivity index (χ1) is 13.9. The van der Waals surface area contributed by atoms with Crippen LogP contribution in [-0.2, 0) is 0 Å². The van der Waals surface area contributed by atoms with Crippen LogP contribution in [0.5, 0.6) is 5.75 Å². The van der Waals surface area contributed by atoms with Gasteiger partial charge in [-0.25, -0.2) is 4.79 Å². The monoisotopic (exact) mass is 457 g/mol. The maximum atomic E-state index is 12.7. The Bertz CT molecular complexity index is 876. The third kappa shape index (κ3) is 4.01. The van der Waals surface area contributed by atoms with Crippen LogP contribution in [0.4, 0.5) is 10.5 Å². The van der Waals surface area contributed by atoms with Crippen LogP contribution < -0.4 is 5.32 Å². The summed E-state index contributed by atoms with van der Waals surface area (Å²) in [6, 6.07) is 16.1. The van der Waals surface area contributed by atoms with Gasteiger partial charge in [0.15, 0.2) is 0 Å². The summed E-state index contributed by atoms with van der Waals surface area (Å²) >= 11 is 3.45. The van der Waals surface area contributed by atoms with Crippen LogP contribution in [0.25, 0.3) is 0 Å². The number of piperidine rings is 1. The smallest absolute Gasteiger partial charge is 0.321 e. The molecule has 0 radical (unpaired) electrons. The molecule has 2 aromatic carbocycles. The van der Waals surface area contributed by atoms with Crippen molar-refractivity contribution < 1.29 is 9.90 Å². The number of likely N-dealkylation sites (tertiary alicyclic amines) is 2. The molecule has 1 unspecified atom stereocenters. The molecule has 154 valence electrons. The van der Waals surface area contributed by atoms with Gasteiger partial charge in [-0.1, -0.05) is 34.1 Å². The van der Waals surface area contributed by atoms with E-state index in [9.17, 15) is 9.90 Å². The van der Waals surface area contributed by atoms with Gasteiger partial charge in [0, 0.05) is 47.3 Å². The summed E-state index contributed by atoms with van der Waals surface area (Å²) in [6.45, 7) is 7.07. The molecule has 6 heteroatoms. The van der Waals surface area contributed by atoms with E-state index in [0.29, 0.717) is 17.8 Å². The fraction of sp³-hybridized carbons (Fsp3) is 0.435. The Hall–Kier alpha value is -2.05. The van der Waals surface area contributed by atoms with Crippen LogP contribution >= 0.6 is 15.9 Å². The van der Waals surface area contributed by atoms with Gasteiger partial charge in [-0.3, -0.25) is 4.90 Å². The highest BCUT2D eigenvalue weighted by Gasteiger charge is 2.54. The first-order valence-corrected chi connectivity index (χ1v) is 11.0. The minimum absolute atomic E-state index is 0.0285. The van der Waals surface area contributed by atoms with E-state index in [2.05, 4.69) is 40.0 Å². The molecule has 2 saturated heterocycles. The lowest BCUT2D eigenvalue weighted by molar-refractivity contribution is -0.123. The molecule has 4 rings (SSSR count). The maximum Gasteiger partial charge on any atom is 0.321 e. The second kappa shape index (κ2) is 8.00. The SMILES string of the molecule is CC(C)N1CC2(CCN(C(=O)Nc3cccc(Br)c3)CC2)C1c1ccc(O)cc1. The topological polar surface area (TPSA) is 55.8 Å². The van der Waals surface area contributed by atoms with Crippen LogP contribution in [-0.4, -0.2) is 46.6 Å². The fourth-order valence-corrected chi connectivity index (χ4v) is 5.22. The normalized spacial score (nSPS) is 21.2. The zero-order valence-electron chi connectivity index (χ0n) is 16.9. The number of phenolic OH excluding ortho intramolecular Hbond substituents is 1. The maximum absolute atomic E-state index is 12.7. The van der Waals surface area contributed by atoms with Gasteiger partial charge in [-0.05, 0) is 62.6 Å². The Morgan fingerprint density at radius 1 is 1.17 bits per heavy atom. The number of carbonyl (C=O) groups excluding carboxylic acids is 1. The van der Waals surface area contributed by atoms with Crippen molar-refractivity contribution in [2.24, 2.45) is 5.41 Å². The minimum atomic E-state index is -0.0285. The van der Waals surface area contributed by atoms with Gasteiger partial charge in [0.1, 0.15) is 5.75 Å². The highest BCUT2D eigenvalue weighted by Crippen LogP contribution is 2.55. The molecule has 29 heavy (non-hydrogen) atoms. The van der Waals surface area contributed by atoms with E-state index < -0.39 is 0 Å². The molecular weight excluding hydrogens is 430 g/mol. The predicted octanol–water partition coefficient (Wildman–Crippen LogP) is 5.23. The van der Waals surface area contributed by atoms with Crippen molar-refractivity contribution in [1.29, 1.82) is 0 Å². The van der Waals surface area contributed by atoms with Crippen molar-refractivity contribution in [2.45, 2.75) is 38.8 Å². The predicted molar refractivity (Wildman–Crippen MR) is 119 cm³/mol. The van der Waals surface area contributed by atoms with E-state index in [1.54, 1.807) is 12.1 Å². The summed E-state index contributed by atoms with van der Waals surface area (Å²) in [7, 11) is 0. The summed E-state index contributed by atoms with van der Waals surface area (Å²) in [6.07, 6.45) is 1.99. The molecule has 2 heterocycles. The molecule has 1 atom stereocenters. The fourth-order valence-electron chi connectivity index (χ4n) is 4.82. The average molecular weight is 458 g/mol. The zero-order valence-corrected chi connectivity index (χ0v) is 18.5. The second-order valence-electron chi connectivity index (χ2n) is 8.55. The van der Waals surface area contributed by atoms with Crippen molar-refractivity contribution in [1.82, 2.24) is 9.80 Å². The molecule has 2 aromatic rings. The number of amides is 2. The van der Waals surface area contributed by atoms with Crippen molar-refractivity contribution in [3.05, 3.63) is 58.6 Å². The van der Waals surface area contributed by atoms with E-state index in [0.717, 1.165) is 42.6 Å². The Balaban J connectivity index is 1.44. The summed E-state index contributed by atoms with van der Waals surface area (Å²) < 4.78 is 0.952. The van der Waals surface area contributed by atoms with Crippen LogP contribution in [0.15, 0.2) is 53.0 Å². The van der Waals surface area contributed by atoms with E-state index in [1.165, 1.54) is 5.56 Å². The Morgan fingerprint density at radius 3 is 2.48 bits per heavy atom. The van der Waals surface area contributed by atoms with Crippen LogP contribution in [0.3, 0.4) is 0 Å². The number of aromatic hydroxyl groups is 1. The molecule has 2 aliphatic rings. The number of nitrogens with one attached hydrogen (secondary N) is 1. The molecule has 0 aliphatic carbocycles. The first kappa shape index (κ1) is 20.2. The van der Waals surface area contributed by atoms with Gasteiger partial charge < -0.3 is 15.3 Å². The van der Waals surface area contributed by atoms with E-state index in [4.69, 9.17) is 0 Å². The molecular formula is C23H28BrN3O2. The number of phenols is 1. The minimum Gasteiger partial charge on any atom is -0.508 e. The van der Waals surface area contributed by atoms with Gasteiger partial charge >= 0.3 is 6.03 Å². The Labute approximate surface area is 180 Å². The molecule has 1 spiro atoms. The number of rotatable bonds is 3. The number of nitrogens with zero attached hydrogens (tertiary/aromatic N) is 2. The quantitative estimate of drug-likeness (QED) is 0.662. The number of urea groups is 1. The highest BCUT2D eigenvalue weighted by atomic mass is 79.9. The van der Waals surface area contributed by atoms with E-state index >= 15 is 0 Å². The lowest BCUT2D eigenvalue weighted by Crippen LogP contribution is -2.64. The molecule has 0 bridgehead atoms. The van der Waals surface area contributed by atoms with Gasteiger partial charge in [0.05, 0.1) is 0 Å². The summed E-state index contributed by atoms with van der Waals surface area (Å²) in [5.41, 5.74) is 2.27. The third-order valence-electron chi connectivity index (χ3n) is 6.40. The van der Waals surface area contributed by atoms with Gasteiger partial charge in [0.25, 0.3) is 0 Å². The number of benzene rings is 2. The van der Waals surface area contributed by atoms with Crippen LogP contribution in [0.1, 0.15) is 38.3 Å². The van der Waals surface area contributed by atoms with Crippen molar-refractivity contribution in [3.8, 4) is 5.75 Å².